The molecule has 3 aliphatic rings. The van der Waals surface area contributed by atoms with Crippen LogP contribution in [0.5, 0.6) is 0 Å². The lowest BCUT2D eigenvalue weighted by atomic mass is 10.1. The van der Waals surface area contributed by atoms with E-state index in [2.05, 4.69) is 32.3 Å². The van der Waals surface area contributed by atoms with Crippen LogP contribution in [-0.2, 0) is 6.54 Å². The number of hydrogen-bond acceptors (Lipinski definition) is 3. The maximum Gasteiger partial charge on any atom is 0.191 e. The molecular weight excluding hydrogens is 472 g/mol. The summed E-state index contributed by atoms with van der Waals surface area (Å²) < 4.78 is 0. The molecule has 3 heterocycles. The van der Waals surface area contributed by atoms with E-state index in [0.29, 0.717) is 22.6 Å². The van der Waals surface area contributed by atoms with Crippen LogP contribution >= 0.6 is 47.2 Å². The third-order valence-corrected chi connectivity index (χ3v) is 5.25. The summed E-state index contributed by atoms with van der Waals surface area (Å²) in [5, 5.41) is 8.09. The number of hydrogen-bond donors (Lipinski definition) is 2. The standard InChI is InChI=1S/C17H25Cl2N5.HI/c1-2-20-17(21-10-13-3-4-14(18)9-16(13)19)22-11-15-12-23-5-7-24(15)8-6-23;/h3-4,9,15H,2,5-8,10-12H2,1H3,(H2,20,21,22);1H. The molecular formula is C17H26Cl2IN5. The molecule has 0 radical (unpaired) electrons. The van der Waals surface area contributed by atoms with Crippen LogP contribution in [0.15, 0.2) is 23.2 Å². The predicted octanol–water partition coefficient (Wildman–Crippen LogP) is 2.67. The molecule has 1 unspecified atom stereocenters. The summed E-state index contributed by atoms with van der Waals surface area (Å²) in [4.78, 5) is 9.78. The lowest BCUT2D eigenvalue weighted by molar-refractivity contribution is 0.0154. The van der Waals surface area contributed by atoms with Gasteiger partial charge in [0.2, 0.25) is 0 Å². The van der Waals surface area contributed by atoms with Gasteiger partial charge in [0.15, 0.2) is 5.96 Å². The molecule has 2 N–H and O–H groups in total. The number of aliphatic imine (C=N–C) groups is 1. The first-order valence-corrected chi connectivity index (χ1v) is 9.34. The minimum Gasteiger partial charge on any atom is -0.357 e. The van der Waals surface area contributed by atoms with Crippen molar-refractivity contribution in [3.63, 3.8) is 0 Å². The number of piperazine rings is 3. The van der Waals surface area contributed by atoms with E-state index in [9.17, 15) is 0 Å². The summed E-state index contributed by atoms with van der Waals surface area (Å²) >= 11 is 12.2. The molecule has 0 aromatic heterocycles. The molecule has 0 aliphatic carbocycles. The van der Waals surface area contributed by atoms with Gasteiger partial charge in [0, 0.05) is 61.9 Å². The summed E-state index contributed by atoms with van der Waals surface area (Å²) in [7, 11) is 0. The Hall–Kier alpha value is -0.280. The van der Waals surface area contributed by atoms with Gasteiger partial charge in [-0.15, -0.1) is 24.0 Å². The molecule has 1 aromatic rings. The second kappa shape index (κ2) is 10.2. The van der Waals surface area contributed by atoms with Crippen LogP contribution in [0, 0.1) is 0 Å². The van der Waals surface area contributed by atoms with Gasteiger partial charge in [-0.3, -0.25) is 9.80 Å². The average molecular weight is 498 g/mol. The third-order valence-electron chi connectivity index (χ3n) is 4.66. The van der Waals surface area contributed by atoms with Gasteiger partial charge in [-0.1, -0.05) is 29.3 Å². The van der Waals surface area contributed by atoms with Gasteiger partial charge >= 0.3 is 0 Å². The lowest BCUT2D eigenvalue weighted by Gasteiger charge is -2.47. The Kier molecular flexibility index (Phi) is 8.54. The van der Waals surface area contributed by atoms with Crippen LogP contribution in [0.4, 0.5) is 0 Å². The van der Waals surface area contributed by atoms with Gasteiger partial charge in [0.1, 0.15) is 0 Å². The molecule has 25 heavy (non-hydrogen) atoms. The van der Waals surface area contributed by atoms with Crippen LogP contribution < -0.4 is 10.6 Å². The number of halogens is 3. The lowest BCUT2D eigenvalue weighted by Crippen LogP contribution is -2.63. The maximum atomic E-state index is 6.22. The van der Waals surface area contributed by atoms with Crippen molar-refractivity contribution in [1.82, 2.24) is 20.4 Å². The zero-order chi connectivity index (χ0) is 16.9. The molecule has 2 bridgehead atoms. The van der Waals surface area contributed by atoms with Crippen molar-refractivity contribution in [1.29, 1.82) is 0 Å². The zero-order valence-corrected chi connectivity index (χ0v) is 18.3. The topological polar surface area (TPSA) is 42.9 Å². The molecule has 140 valence electrons. The van der Waals surface area contributed by atoms with Crippen molar-refractivity contribution in [3.05, 3.63) is 33.8 Å². The van der Waals surface area contributed by atoms with E-state index in [1.165, 1.54) is 26.2 Å². The number of rotatable bonds is 5. The first-order chi connectivity index (χ1) is 11.7. The fourth-order valence-electron chi connectivity index (χ4n) is 3.29. The molecule has 5 nitrogen and oxygen atoms in total. The summed E-state index contributed by atoms with van der Waals surface area (Å²) in [5.41, 5.74) is 0.977. The molecule has 0 spiro atoms. The highest BCUT2D eigenvalue weighted by Gasteiger charge is 2.31. The third kappa shape index (κ3) is 5.85. The first-order valence-electron chi connectivity index (χ1n) is 8.58. The van der Waals surface area contributed by atoms with Crippen LogP contribution in [0.3, 0.4) is 0 Å². The Bertz CT molecular complexity index is 590. The number of nitrogens with one attached hydrogen (secondary N) is 2. The monoisotopic (exact) mass is 497 g/mol. The van der Waals surface area contributed by atoms with Crippen molar-refractivity contribution in [2.45, 2.75) is 19.5 Å². The molecule has 3 fully saturated rings. The highest BCUT2D eigenvalue weighted by Crippen LogP contribution is 2.21. The van der Waals surface area contributed by atoms with E-state index >= 15 is 0 Å². The molecule has 3 saturated heterocycles. The molecule has 4 rings (SSSR count). The zero-order valence-electron chi connectivity index (χ0n) is 14.5. The second-order valence-corrected chi connectivity index (χ2v) is 7.15. The van der Waals surface area contributed by atoms with E-state index in [1.54, 1.807) is 6.07 Å². The Morgan fingerprint density at radius 2 is 1.96 bits per heavy atom. The number of fused-ring (bicyclic) bond motifs is 3. The van der Waals surface area contributed by atoms with Crippen LogP contribution in [0.1, 0.15) is 12.5 Å². The van der Waals surface area contributed by atoms with Crippen molar-refractivity contribution >= 4 is 53.1 Å². The van der Waals surface area contributed by atoms with Crippen molar-refractivity contribution in [3.8, 4) is 0 Å². The van der Waals surface area contributed by atoms with E-state index in [4.69, 9.17) is 23.2 Å². The quantitative estimate of drug-likeness (QED) is 0.373. The van der Waals surface area contributed by atoms with Gasteiger partial charge in [0.05, 0.1) is 6.54 Å². The average Bonchev–Trinajstić information content (AvgIpc) is 2.59. The van der Waals surface area contributed by atoms with Crippen LogP contribution in [0.2, 0.25) is 10.0 Å². The van der Waals surface area contributed by atoms with Gasteiger partial charge in [-0.2, -0.15) is 0 Å². The molecule has 1 atom stereocenters. The largest absolute Gasteiger partial charge is 0.357 e. The second-order valence-electron chi connectivity index (χ2n) is 6.30. The van der Waals surface area contributed by atoms with Gasteiger partial charge in [-0.25, -0.2) is 4.99 Å². The van der Waals surface area contributed by atoms with Crippen LogP contribution in [0.25, 0.3) is 0 Å². The van der Waals surface area contributed by atoms with E-state index in [-0.39, 0.29) is 24.0 Å². The van der Waals surface area contributed by atoms with Gasteiger partial charge < -0.3 is 10.6 Å². The van der Waals surface area contributed by atoms with Crippen molar-refractivity contribution < 1.29 is 0 Å². The summed E-state index contributed by atoms with van der Waals surface area (Å²) in [5.74, 6) is 0.834. The highest BCUT2D eigenvalue weighted by atomic mass is 127. The Morgan fingerprint density at radius 3 is 2.56 bits per heavy atom. The SMILES string of the molecule is CCNC(=NCc1ccc(Cl)cc1Cl)NCC1CN2CCN1CC2.I. The molecule has 3 aliphatic heterocycles. The normalized spacial score (nSPS) is 25.4. The smallest absolute Gasteiger partial charge is 0.191 e. The number of guanidine groups is 1. The molecule has 1 aromatic carbocycles. The predicted molar refractivity (Wildman–Crippen MR) is 116 cm³/mol. The molecule has 0 amide bonds. The minimum absolute atomic E-state index is 0. The molecule has 0 saturated carbocycles. The Balaban J connectivity index is 0.00000225. The Labute approximate surface area is 177 Å². The van der Waals surface area contributed by atoms with E-state index < -0.39 is 0 Å². The maximum absolute atomic E-state index is 6.22. The van der Waals surface area contributed by atoms with Gasteiger partial charge in [-0.05, 0) is 24.6 Å². The van der Waals surface area contributed by atoms with E-state index in [1.807, 2.05) is 12.1 Å². The Morgan fingerprint density at radius 1 is 1.20 bits per heavy atom. The van der Waals surface area contributed by atoms with E-state index in [0.717, 1.165) is 31.2 Å². The van der Waals surface area contributed by atoms with Crippen molar-refractivity contribution in [2.24, 2.45) is 4.99 Å². The van der Waals surface area contributed by atoms with Crippen LogP contribution in [-0.4, -0.2) is 67.6 Å². The van der Waals surface area contributed by atoms with Crippen molar-refractivity contribution in [2.75, 3.05) is 45.8 Å². The molecule has 8 heteroatoms. The summed E-state index contributed by atoms with van der Waals surface area (Å²) in [6.07, 6.45) is 0. The highest BCUT2D eigenvalue weighted by molar-refractivity contribution is 14.0. The number of benzene rings is 1. The fraction of sp³-hybridized carbons (Fsp3) is 0.588. The summed E-state index contributed by atoms with van der Waals surface area (Å²) in [6, 6.07) is 6.10. The first kappa shape index (κ1) is 21.0. The number of nitrogens with zero attached hydrogens (tertiary/aromatic N) is 3. The summed E-state index contributed by atoms with van der Waals surface area (Å²) in [6.45, 7) is 10.3. The minimum atomic E-state index is 0. The fourth-order valence-corrected chi connectivity index (χ4v) is 3.76. The van der Waals surface area contributed by atoms with Gasteiger partial charge in [0.25, 0.3) is 0 Å².